The minimum atomic E-state index is -3.73. The molecule has 0 radical (unpaired) electrons. The third kappa shape index (κ3) is 9.60. The minimum absolute atomic E-state index is 0.0549. The number of hydrogen-bond donors (Lipinski definition) is 2. The first-order valence-corrected chi connectivity index (χ1v) is 5.89. The SMILES string of the molecule is COCCOCCNS(=O)(=O)CC(=O)O. The highest BCUT2D eigenvalue weighted by molar-refractivity contribution is 7.90. The molecule has 0 amide bonds. The molecular formula is C7H15NO6S. The first kappa shape index (κ1) is 14.3. The van der Waals surface area contributed by atoms with Gasteiger partial charge in [0, 0.05) is 13.7 Å². The van der Waals surface area contributed by atoms with Gasteiger partial charge in [-0.3, -0.25) is 4.79 Å². The summed E-state index contributed by atoms with van der Waals surface area (Å²) in [6.45, 7) is 1.04. The van der Waals surface area contributed by atoms with Crippen molar-refractivity contribution in [3.05, 3.63) is 0 Å². The van der Waals surface area contributed by atoms with E-state index in [0.717, 1.165) is 0 Å². The molecule has 0 fully saturated rings. The number of sulfonamides is 1. The predicted octanol–water partition coefficient (Wildman–Crippen LogP) is -1.35. The lowest BCUT2D eigenvalue weighted by Gasteiger charge is -2.05. The Hall–Kier alpha value is -0.700. The van der Waals surface area contributed by atoms with Crippen LogP contribution in [-0.4, -0.2) is 58.7 Å². The molecule has 0 atom stereocenters. The van der Waals surface area contributed by atoms with E-state index in [1.807, 2.05) is 0 Å². The highest BCUT2D eigenvalue weighted by Gasteiger charge is 2.14. The summed E-state index contributed by atoms with van der Waals surface area (Å²) >= 11 is 0. The number of hydrogen-bond acceptors (Lipinski definition) is 5. The van der Waals surface area contributed by atoms with E-state index >= 15 is 0 Å². The lowest BCUT2D eigenvalue weighted by atomic mass is 10.7. The third-order valence-corrected chi connectivity index (χ3v) is 2.58. The second kappa shape index (κ2) is 7.57. The summed E-state index contributed by atoms with van der Waals surface area (Å²) in [6, 6.07) is 0. The van der Waals surface area contributed by atoms with Gasteiger partial charge >= 0.3 is 5.97 Å². The van der Waals surface area contributed by atoms with Crippen molar-refractivity contribution in [2.24, 2.45) is 0 Å². The standard InChI is InChI=1S/C7H15NO6S/c1-13-4-5-14-3-2-8-15(11,12)6-7(9)10/h8H,2-6H2,1H3,(H,9,10). The van der Waals surface area contributed by atoms with Crippen LogP contribution in [0.15, 0.2) is 0 Å². The first-order valence-electron chi connectivity index (χ1n) is 4.24. The van der Waals surface area contributed by atoms with Crippen LogP contribution in [0.3, 0.4) is 0 Å². The number of carboxylic acids is 1. The number of carboxylic acid groups (broad SMARTS) is 1. The highest BCUT2D eigenvalue weighted by Crippen LogP contribution is 1.84. The van der Waals surface area contributed by atoms with E-state index in [2.05, 4.69) is 4.72 Å². The molecule has 7 nitrogen and oxygen atoms in total. The van der Waals surface area contributed by atoms with Gasteiger partial charge < -0.3 is 14.6 Å². The van der Waals surface area contributed by atoms with Crippen LogP contribution >= 0.6 is 0 Å². The monoisotopic (exact) mass is 241 g/mol. The fourth-order valence-electron chi connectivity index (χ4n) is 0.727. The third-order valence-electron chi connectivity index (χ3n) is 1.31. The smallest absolute Gasteiger partial charge is 0.320 e. The van der Waals surface area contributed by atoms with Crippen LogP contribution in [-0.2, 0) is 24.3 Å². The summed E-state index contributed by atoms with van der Waals surface area (Å²) in [4.78, 5) is 10.1. The number of nitrogens with one attached hydrogen (secondary N) is 1. The molecule has 0 saturated carbocycles. The Balaban J connectivity index is 3.54. The van der Waals surface area contributed by atoms with Crippen molar-refractivity contribution in [2.75, 3.05) is 39.2 Å². The quantitative estimate of drug-likeness (QED) is 0.484. The Bertz CT molecular complexity index is 275. The maximum absolute atomic E-state index is 11.0. The fraction of sp³-hybridized carbons (Fsp3) is 0.857. The molecule has 8 heteroatoms. The lowest BCUT2D eigenvalue weighted by Crippen LogP contribution is -2.32. The molecule has 0 aromatic rings. The van der Waals surface area contributed by atoms with Crippen LogP contribution in [0.2, 0.25) is 0 Å². The topological polar surface area (TPSA) is 102 Å². The zero-order chi connectivity index (χ0) is 11.7. The molecule has 0 unspecified atom stereocenters. The Labute approximate surface area is 88.4 Å². The van der Waals surface area contributed by atoms with Gasteiger partial charge in [0.2, 0.25) is 10.0 Å². The van der Waals surface area contributed by atoms with Crippen LogP contribution in [0.5, 0.6) is 0 Å². The molecule has 0 aliphatic rings. The van der Waals surface area contributed by atoms with Gasteiger partial charge in [-0.05, 0) is 0 Å². The molecule has 0 aliphatic carbocycles. The van der Waals surface area contributed by atoms with Crippen LogP contribution < -0.4 is 4.72 Å². The van der Waals surface area contributed by atoms with Gasteiger partial charge in [0.15, 0.2) is 5.75 Å². The second-order valence-corrected chi connectivity index (χ2v) is 4.46. The molecule has 0 saturated heterocycles. The molecule has 15 heavy (non-hydrogen) atoms. The van der Waals surface area contributed by atoms with E-state index in [9.17, 15) is 13.2 Å². The fourth-order valence-corrected chi connectivity index (χ4v) is 1.55. The maximum atomic E-state index is 11.0. The van der Waals surface area contributed by atoms with Gasteiger partial charge in [0.05, 0.1) is 19.8 Å². The first-order chi connectivity index (χ1) is 6.98. The summed E-state index contributed by atoms with van der Waals surface area (Å²) in [5.74, 6) is -2.31. The van der Waals surface area contributed by atoms with E-state index in [0.29, 0.717) is 13.2 Å². The van der Waals surface area contributed by atoms with Gasteiger partial charge in [0.25, 0.3) is 0 Å². The average Bonchev–Trinajstić information content (AvgIpc) is 2.08. The number of ether oxygens (including phenoxy) is 2. The van der Waals surface area contributed by atoms with E-state index in [4.69, 9.17) is 14.6 Å². The van der Waals surface area contributed by atoms with Crippen molar-refractivity contribution in [1.82, 2.24) is 4.72 Å². The Morgan fingerprint density at radius 1 is 1.33 bits per heavy atom. The van der Waals surface area contributed by atoms with Crippen LogP contribution in [0, 0.1) is 0 Å². The van der Waals surface area contributed by atoms with E-state index in [-0.39, 0.29) is 13.2 Å². The van der Waals surface area contributed by atoms with Crippen molar-refractivity contribution in [3.63, 3.8) is 0 Å². The Kier molecular flexibility index (Phi) is 7.22. The van der Waals surface area contributed by atoms with E-state index in [1.165, 1.54) is 7.11 Å². The molecule has 0 spiro atoms. The minimum Gasteiger partial charge on any atom is -0.480 e. The lowest BCUT2D eigenvalue weighted by molar-refractivity contribution is -0.134. The van der Waals surface area contributed by atoms with Crippen LogP contribution in [0.4, 0.5) is 0 Å². The van der Waals surface area contributed by atoms with Gasteiger partial charge in [-0.25, -0.2) is 13.1 Å². The number of carbonyl (C=O) groups is 1. The molecule has 0 heterocycles. The van der Waals surface area contributed by atoms with Crippen molar-refractivity contribution < 1.29 is 27.8 Å². The number of aliphatic carboxylic acids is 1. The van der Waals surface area contributed by atoms with Crippen molar-refractivity contribution in [1.29, 1.82) is 0 Å². The number of methoxy groups -OCH3 is 1. The highest BCUT2D eigenvalue weighted by atomic mass is 32.2. The summed E-state index contributed by atoms with van der Waals surface area (Å²) < 4.78 is 33.7. The summed E-state index contributed by atoms with van der Waals surface area (Å²) in [7, 11) is -2.21. The predicted molar refractivity (Wildman–Crippen MR) is 52.1 cm³/mol. The molecule has 0 aromatic carbocycles. The van der Waals surface area contributed by atoms with Crippen LogP contribution in [0.25, 0.3) is 0 Å². The Morgan fingerprint density at radius 2 is 2.00 bits per heavy atom. The Morgan fingerprint density at radius 3 is 2.53 bits per heavy atom. The second-order valence-electron chi connectivity index (χ2n) is 2.65. The normalized spacial score (nSPS) is 11.5. The molecule has 90 valence electrons. The average molecular weight is 241 g/mol. The van der Waals surface area contributed by atoms with E-state index < -0.39 is 21.7 Å². The summed E-state index contributed by atoms with van der Waals surface area (Å²) in [5, 5.41) is 8.25. The largest absolute Gasteiger partial charge is 0.480 e. The van der Waals surface area contributed by atoms with Gasteiger partial charge in [-0.1, -0.05) is 0 Å². The molecule has 0 aliphatic heterocycles. The van der Waals surface area contributed by atoms with Crippen LogP contribution in [0.1, 0.15) is 0 Å². The van der Waals surface area contributed by atoms with Gasteiger partial charge in [0.1, 0.15) is 0 Å². The zero-order valence-electron chi connectivity index (χ0n) is 8.43. The molecule has 2 N–H and O–H groups in total. The summed E-state index contributed by atoms with van der Waals surface area (Å²) in [6.07, 6.45) is 0. The van der Waals surface area contributed by atoms with Crippen molar-refractivity contribution in [2.45, 2.75) is 0 Å². The number of rotatable bonds is 9. The van der Waals surface area contributed by atoms with Gasteiger partial charge in [-0.2, -0.15) is 0 Å². The summed E-state index contributed by atoms with van der Waals surface area (Å²) in [5.41, 5.74) is 0. The van der Waals surface area contributed by atoms with Crippen molar-refractivity contribution >= 4 is 16.0 Å². The maximum Gasteiger partial charge on any atom is 0.320 e. The molecule has 0 bridgehead atoms. The van der Waals surface area contributed by atoms with E-state index in [1.54, 1.807) is 0 Å². The zero-order valence-corrected chi connectivity index (χ0v) is 9.25. The molecule has 0 aromatic heterocycles. The van der Waals surface area contributed by atoms with Gasteiger partial charge in [-0.15, -0.1) is 0 Å². The molecule has 0 rings (SSSR count). The molecular weight excluding hydrogens is 226 g/mol. The van der Waals surface area contributed by atoms with Crippen molar-refractivity contribution in [3.8, 4) is 0 Å².